The molecule has 6 nitrogen and oxygen atoms in total. The van der Waals surface area contributed by atoms with Crippen LogP contribution in [0.25, 0.3) is 11.3 Å². The van der Waals surface area contributed by atoms with Gasteiger partial charge in [0.05, 0.1) is 28.8 Å². The van der Waals surface area contributed by atoms with Crippen LogP contribution in [-0.4, -0.2) is 28.5 Å². The number of halogens is 3. The zero-order valence-corrected chi connectivity index (χ0v) is 20.9. The summed E-state index contributed by atoms with van der Waals surface area (Å²) in [5.41, 5.74) is 0.256. The Bertz CT molecular complexity index is 1180. The molecule has 192 valence electrons. The Balaban J connectivity index is 1.74. The van der Waals surface area contributed by atoms with Crippen molar-refractivity contribution in [3.8, 4) is 17.0 Å². The Kier molecular flexibility index (Phi) is 8.39. The second-order valence-electron chi connectivity index (χ2n) is 9.43. The van der Waals surface area contributed by atoms with Crippen LogP contribution < -0.4 is 10.1 Å². The molecule has 1 atom stereocenters. The Morgan fingerprint density at radius 2 is 1.75 bits per heavy atom. The van der Waals surface area contributed by atoms with Gasteiger partial charge in [-0.15, -0.1) is 11.3 Å². The summed E-state index contributed by atoms with van der Waals surface area (Å²) in [5, 5.41) is 11.3. The molecule has 2 heterocycles. The highest BCUT2D eigenvalue weighted by Gasteiger charge is 2.30. The average Bonchev–Trinajstić information content (AvgIpc) is 3.28. The van der Waals surface area contributed by atoms with E-state index in [1.165, 1.54) is 29.7 Å². The highest BCUT2D eigenvalue weighted by Crippen LogP contribution is 2.37. The first-order valence-electron chi connectivity index (χ1n) is 11.2. The van der Waals surface area contributed by atoms with E-state index in [9.17, 15) is 22.8 Å². The summed E-state index contributed by atoms with van der Waals surface area (Å²) in [4.78, 5) is 28.6. The summed E-state index contributed by atoms with van der Waals surface area (Å²) in [7, 11) is 0. The van der Waals surface area contributed by atoms with Crippen LogP contribution in [0.4, 0.5) is 13.2 Å². The minimum absolute atomic E-state index is 0.0419. The lowest BCUT2D eigenvalue weighted by atomic mass is 9.88. The fourth-order valence-corrected chi connectivity index (χ4v) is 4.34. The monoisotopic (exact) mass is 520 g/mol. The third-order valence-corrected chi connectivity index (χ3v) is 6.29. The maximum Gasteiger partial charge on any atom is 0.416 e. The topological polar surface area (TPSA) is 88.5 Å². The highest BCUT2D eigenvalue weighted by molar-refractivity contribution is 7.14. The number of rotatable bonds is 9. The van der Waals surface area contributed by atoms with Gasteiger partial charge in [-0.25, -0.2) is 0 Å². The number of ether oxygens (including phenoxy) is 1. The first-order valence-corrected chi connectivity index (χ1v) is 12.0. The van der Waals surface area contributed by atoms with Crippen LogP contribution in [0, 0.1) is 5.41 Å². The second-order valence-corrected chi connectivity index (χ2v) is 10.5. The number of carboxylic acid groups (broad SMARTS) is 1. The summed E-state index contributed by atoms with van der Waals surface area (Å²) in [5.74, 6) is -0.843. The van der Waals surface area contributed by atoms with Gasteiger partial charge in [0.25, 0.3) is 5.91 Å². The third-order valence-electron chi connectivity index (χ3n) is 5.11. The molecule has 1 aromatic carbocycles. The molecular formula is C26H27F3N2O4S. The van der Waals surface area contributed by atoms with Gasteiger partial charge in [0, 0.05) is 17.0 Å². The van der Waals surface area contributed by atoms with Crippen molar-refractivity contribution in [3.05, 3.63) is 70.0 Å². The predicted octanol–water partition coefficient (Wildman–Crippen LogP) is 6.59. The fraction of sp³-hybridized carbons (Fsp3) is 0.346. The predicted molar refractivity (Wildman–Crippen MR) is 131 cm³/mol. The van der Waals surface area contributed by atoms with Gasteiger partial charge in [0.15, 0.2) is 0 Å². The van der Waals surface area contributed by atoms with Crippen molar-refractivity contribution in [3.63, 3.8) is 0 Å². The number of pyridine rings is 1. The molecule has 0 spiro atoms. The van der Waals surface area contributed by atoms with Crippen LogP contribution in [0.3, 0.4) is 0 Å². The number of nitrogens with one attached hydrogen (secondary N) is 1. The van der Waals surface area contributed by atoms with Crippen molar-refractivity contribution in [2.24, 2.45) is 5.41 Å². The maximum absolute atomic E-state index is 12.8. The number of nitrogens with zero attached hydrogens (tertiary/aromatic N) is 1. The standard InChI is InChI=1S/C26H27F3N2O4S/c1-25(2,3)14-20(21-10-11-22(36-21)24(34)30-13-12-23(32)33)35-18-8-9-19(31-15-18)16-4-6-17(7-5-16)26(27,28)29/h4-11,15,20H,12-14H2,1-3H3,(H,30,34)(H,32,33). The lowest BCUT2D eigenvalue weighted by molar-refractivity contribution is -0.138. The zero-order valence-electron chi connectivity index (χ0n) is 20.1. The Morgan fingerprint density at radius 1 is 1.06 bits per heavy atom. The van der Waals surface area contributed by atoms with Crippen LogP contribution in [0.5, 0.6) is 5.75 Å². The Hall–Kier alpha value is -3.40. The molecule has 0 aliphatic rings. The molecule has 10 heteroatoms. The summed E-state index contributed by atoms with van der Waals surface area (Å²) in [6.07, 6.45) is -2.75. The van der Waals surface area contributed by atoms with E-state index >= 15 is 0 Å². The fourth-order valence-electron chi connectivity index (χ4n) is 3.39. The number of aliphatic carboxylic acids is 1. The van der Waals surface area contributed by atoms with Crippen LogP contribution >= 0.6 is 11.3 Å². The molecule has 36 heavy (non-hydrogen) atoms. The molecule has 0 aliphatic heterocycles. The lowest BCUT2D eigenvalue weighted by Crippen LogP contribution is -2.25. The van der Waals surface area contributed by atoms with Gasteiger partial charge in [-0.3, -0.25) is 14.6 Å². The van der Waals surface area contributed by atoms with E-state index in [2.05, 4.69) is 31.1 Å². The molecule has 0 fully saturated rings. The lowest BCUT2D eigenvalue weighted by Gasteiger charge is -2.26. The smallest absolute Gasteiger partial charge is 0.416 e. The SMILES string of the molecule is CC(C)(C)CC(Oc1ccc(-c2ccc(C(F)(F)F)cc2)nc1)c1ccc(C(=O)NCCC(=O)O)s1. The van der Waals surface area contributed by atoms with Crippen LogP contribution in [0.15, 0.2) is 54.7 Å². The largest absolute Gasteiger partial charge is 0.483 e. The summed E-state index contributed by atoms with van der Waals surface area (Å²) >= 11 is 1.27. The van der Waals surface area contributed by atoms with E-state index in [-0.39, 0.29) is 30.4 Å². The molecule has 1 unspecified atom stereocenters. The van der Waals surface area contributed by atoms with E-state index in [1.54, 1.807) is 18.2 Å². The molecule has 0 saturated heterocycles. The quantitative estimate of drug-likeness (QED) is 0.332. The van der Waals surface area contributed by atoms with E-state index in [0.29, 0.717) is 28.3 Å². The van der Waals surface area contributed by atoms with Gasteiger partial charge in [0.2, 0.25) is 0 Å². The van der Waals surface area contributed by atoms with Crippen molar-refractivity contribution in [2.75, 3.05) is 6.54 Å². The van der Waals surface area contributed by atoms with Crippen molar-refractivity contribution in [1.29, 1.82) is 0 Å². The molecule has 2 N–H and O–H groups in total. The normalized spacial score (nSPS) is 12.7. The maximum atomic E-state index is 12.8. The van der Waals surface area contributed by atoms with Gasteiger partial charge in [-0.1, -0.05) is 32.9 Å². The molecule has 2 aromatic heterocycles. The van der Waals surface area contributed by atoms with Crippen LogP contribution in [0.1, 0.15) is 59.8 Å². The first-order chi connectivity index (χ1) is 16.8. The molecular weight excluding hydrogens is 493 g/mol. The Morgan fingerprint density at radius 3 is 2.31 bits per heavy atom. The molecule has 3 aromatic rings. The highest BCUT2D eigenvalue weighted by atomic mass is 32.1. The number of carbonyl (C=O) groups is 2. The number of thiophene rings is 1. The van der Waals surface area contributed by atoms with Crippen LogP contribution in [-0.2, 0) is 11.0 Å². The molecule has 0 bridgehead atoms. The Labute approximate surface area is 211 Å². The number of hydrogen-bond acceptors (Lipinski definition) is 5. The van der Waals surface area contributed by atoms with Crippen molar-refractivity contribution in [1.82, 2.24) is 10.3 Å². The number of aromatic nitrogens is 1. The molecule has 0 radical (unpaired) electrons. The minimum Gasteiger partial charge on any atom is -0.483 e. The zero-order chi connectivity index (χ0) is 26.5. The van der Waals surface area contributed by atoms with Gasteiger partial charge in [-0.2, -0.15) is 13.2 Å². The van der Waals surface area contributed by atoms with Crippen LogP contribution in [0.2, 0.25) is 0 Å². The van der Waals surface area contributed by atoms with E-state index in [0.717, 1.165) is 17.0 Å². The number of hydrogen-bond donors (Lipinski definition) is 2. The molecule has 0 saturated carbocycles. The van der Waals surface area contributed by atoms with Crippen molar-refractivity contribution >= 4 is 23.2 Å². The van der Waals surface area contributed by atoms with Gasteiger partial charge >= 0.3 is 12.1 Å². The number of carboxylic acids is 1. The van der Waals surface area contributed by atoms with Gasteiger partial charge in [-0.05, 0) is 48.2 Å². The number of amides is 1. The second kappa shape index (κ2) is 11.1. The van der Waals surface area contributed by atoms with E-state index in [4.69, 9.17) is 9.84 Å². The average molecular weight is 521 g/mol. The number of benzene rings is 1. The minimum atomic E-state index is -4.40. The van der Waals surface area contributed by atoms with Gasteiger partial charge < -0.3 is 15.2 Å². The molecule has 0 aliphatic carbocycles. The number of alkyl halides is 3. The van der Waals surface area contributed by atoms with E-state index < -0.39 is 17.7 Å². The summed E-state index contributed by atoms with van der Waals surface area (Å²) < 4.78 is 44.7. The van der Waals surface area contributed by atoms with Gasteiger partial charge in [0.1, 0.15) is 11.9 Å². The number of carbonyl (C=O) groups excluding carboxylic acids is 1. The summed E-state index contributed by atoms with van der Waals surface area (Å²) in [6.45, 7) is 6.26. The summed E-state index contributed by atoms with van der Waals surface area (Å²) in [6, 6.07) is 11.7. The third kappa shape index (κ3) is 7.81. The van der Waals surface area contributed by atoms with Crippen molar-refractivity contribution in [2.45, 2.75) is 45.9 Å². The molecule has 3 rings (SSSR count). The van der Waals surface area contributed by atoms with Crippen molar-refractivity contribution < 1.29 is 32.6 Å². The first kappa shape index (κ1) is 27.2. The molecule has 1 amide bonds. The van der Waals surface area contributed by atoms with E-state index in [1.807, 2.05) is 6.07 Å².